The van der Waals surface area contributed by atoms with Gasteiger partial charge in [-0.1, -0.05) is 12.1 Å². The van der Waals surface area contributed by atoms with Crippen molar-refractivity contribution in [1.82, 2.24) is 14.1 Å². The first kappa shape index (κ1) is 16.4. The van der Waals surface area contributed by atoms with E-state index in [9.17, 15) is 8.42 Å². The second-order valence-electron chi connectivity index (χ2n) is 4.55. The quantitative estimate of drug-likeness (QED) is 0.337. The summed E-state index contributed by atoms with van der Waals surface area (Å²) in [6.45, 7) is 5.33. The first-order chi connectivity index (χ1) is 9.25. The van der Waals surface area contributed by atoms with E-state index in [1.54, 1.807) is 20.9 Å². The summed E-state index contributed by atoms with van der Waals surface area (Å²) in [5.74, 6) is -0.152. The molecule has 0 saturated heterocycles. The summed E-state index contributed by atoms with van der Waals surface area (Å²) in [4.78, 5) is 0.180. The van der Waals surface area contributed by atoms with Crippen molar-refractivity contribution in [3.63, 3.8) is 0 Å². The number of sulfonamides is 1. The van der Waals surface area contributed by atoms with E-state index in [1.807, 2.05) is 6.92 Å². The van der Waals surface area contributed by atoms with Crippen molar-refractivity contribution in [2.24, 2.45) is 17.9 Å². The molecule has 3 N–H and O–H groups in total. The number of amidine groups is 1. The summed E-state index contributed by atoms with van der Waals surface area (Å²) < 4.78 is 28.1. The van der Waals surface area contributed by atoms with Gasteiger partial charge >= 0.3 is 0 Å². The predicted molar refractivity (Wildman–Crippen MR) is 75.1 cm³/mol. The zero-order valence-electron chi connectivity index (χ0n) is 12.2. The van der Waals surface area contributed by atoms with Crippen LogP contribution in [0.15, 0.2) is 10.1 Å². The van der Waals surface area contributed by atoms with Crippen LogP contribution in [0, 0.1) is 13.8 Å². The first-order valence-electron chi connectivity index (χ1n) is 6.22. The van der Waals surface area contributed by atoms with Crippen molar-refractivity contribution < 1.29 is 13.6 Å². The lowest BCUT2D eigenvalue weighted by Gasteiger charge is -2.21. The number of rotatable bonds is 6. The highest BCUT2D eigenvalue weighted by atomic mass is 32.2. The molecule has 0 aliphatic heterocycles. The van der Waals surface area contributed by atoms with Crippen LogP contribution in [0.5, 0.6) is 0 Å². The van der Waals surface area contributed by atoms with Gasteiger partial charge in [0, 0.05) is 13.6 Å². The Labute approximate surface area is 118 Å². The van der Waals surface area contributed by atoms with Gasteiger partial charge in [-0.05, 0) is 20.3 Å². The number of hydrogen-bond donors (Lipinski definition) is 2. The van der Waals surface area contributed by atoms with Crippen LogP contribution in [0.4, 0.5) is 0 Å². The number of nitrogens with zero attached hydrogens (tertiary/aromatic N) is 4. The first-order valence-corrected chi connectivity index (χ1v) is 7.66. The number of aryl methyl sites for hydroxylation is 2. The molecular formula is C11H21N5O3S. The molecule has 0 atom stereocenters. The summed E-state index contributed by atoms with van der Waals surface area (Å²) in [5.41, 5.74) is 6.43. The summed E-state index contributed by atoms with van der Waals surface area (Å²) in [6.07, 6.45) is 0.621. The monoisotopic (exact) mass is 303 g/mol. The molecule has 0 fully saturated rings. The Morgan fingerprint density at radius 2 is 2.10 bits per heavy atom. The highest BCUT2D eigenvalue weighted by Gasteiger charge is 2.30. The molecule has 114 valence electrons. The minimum Gasteiger partial charge on any atom is -0.409 e. The molecule has 9 heteroatoms. The largest absolute Gasteiger partial charge is 0.409 e. The number of hydrogen-bond acceptors (Lipinski definition) is 5. The van der Waals surface area contributed by atoms with Gasteiger partial charge in [0.15, 0.2) is 5.84 Å². The van der Waals surface area contributed by atoms with E-state index >= 15 is 0 Å². The van der Waals surface area contributed by atoms with Gasteiger partial charge in [0.2, 0.25) is 10.0 Å². The van der Waals surface area contributed by atoms with E-state index in [4.69, 9.17) is 10.9 Å². The Hall–Kier alpha value is -1.61. The molecule has 1 heterocycles. The van der Waals surface area contributed by atoms with Gasteiger partial charge in [-0.25, -0.2) is 8.42 Å². The Balaban J connectivity index is 3.29. The van der Waals surface area contributed by atoms with Gasteiger partial charge in [-0.15, -0.1) is 0 Å². The maximum Gasteiger partial charge on any atom is 0.247 e. The smallest absolute Gasteiger partial charge is 0.247 e. The van der Waals surface area contributed by atoms with Gasteiger partial charge in [0.05, 0.1) is 17.9 Å². The fourth-order valence-corrected chi connectivity index (χ4v) is 3.91. The lowest BCUT2D eigenvalue weighted by atomic mass is 10.4. The molecule has 1 rings (SSSR count). The molecule has 0 bridgehead atoms. The second kappa shape index (κ2) is 6.23. The average Bonchev–Trinajstić information content (AvgIpc) is 2.62. The standard InChI is InChI=1S/C11H21N5O3S/c1-5-6-16(7-10(12)14-17)20(18,19)11-8(2)13-15(4)9(11)3/h17H,5-7H2,1-4H3,(H2,12,14). The third-order valence-corrected chi connectivity index (χ3v) is 5.08. The molecule has 0 amide bonds. The van der Waals surface area contributed by atoms with Gasteiger partial charge < -0.3 is 10.9 Å². The minimum absolute atomic E-state index is 0.152. The molecule has 0 saturated carbocycles. The van der Waals surface area contributed by atoms with Crippen LogP contribution in [0.25, 0.3) is 0 Å². The van der Waals surface area contributed by atoms with Crippen molar-refractivity contribution in [2.75, 3.05) is 13.1 Å². The van der Waals surface area contributed by atoms with E-state index in [1.165, 1.54) is 8.99 Å². The predicted octanol–water partition coefficient (Wildman–Crippen LogP) is 0.184. The Morgan fingerprint density at radius 1 is 1.50 bits per heavy atom. The van der Waals surface area contributed by atoms with Crippen LogP contribution >= 0.6 is 0 Å². The zero-order chi connectivity index (χ0) is 15.5. The normalized spacial score (nSPS) is 13.2. The third kappa shape index (κ3) is 3.10. The lowest BCUT2D eigenvalue weighted by molar-refractivity contribution is 0.314. The maximum absolute atomic E-state index is 12.7. The van der Waals surface area contributed by atoms with Crippen molar-refractivity contribution in [3.05, 3.63) is 11.4 Å². The Morgan fingerprint density at radius 3 is 2.50 bits per heavy atom. The molecule has 8 nitrogen and oxygen atoms in total. The zero-order valence-corrected chi connectivity index (χ0v) is 13.0. The topological polar surface area (TPSA) is 114 Å². The molecule has 0 aromatic carbocycles. The SMILES string of the molecule is CCCN(CC(N)=NO)S(=O)(=O)c1c(C)nn(C)c1C. The molecule has 1 aromatic heterocycles. The molecule has 1 aromatic rings. The van der Waals surface area contributed by atoms with E-state index in [0.29, 0.717) is 17.8 Å². The van der Waals surface area contributed by atoms with E-state index in [2.05, 4.69) is 10.3 Å². The van der Waals surface area contributed by atoms with E-state index in [0.717, 1.165) is 0 Å². The summed E-state index contributed by atoms with van der Waals surface area (Å²) >= 11 is 0. The third-order valence-electron chi connectivity index (χ3n) is 2.98. The summed E-state index contributed by atoms with van der Waals surface area (Å²) in [7, 11) is -2.04. The van der Waals surface area contributed by atoms with Crippen molar-refractivity contribution in [3.8, 4) is 0 Å². The summed E-state index contributed by atoms with van der Waals surface area (Å²) in [5, 5.41) is 15.6. The van der Waals surface area contributed by atoms with Crippen LogP contribution in [-0.2, 0) is 17.1 Å². The Bertz CT molecular complexity index is 606. The van der Waals surface area contributed by atoms with Crippen LogP contribution < -0.4 is 5.73 Å². The van der Waals surface area contributed by atoms with Crippen LogP contribution in [0.3, 0.4) is 0 Å². The molecule has 20 heavy (non-hydrogen) atoms. The molecule has 0 aliphatic rings. The van der Waals surface area contributed by atoms with E-state index < -0.39 is 10.0 Å². The number of nitrogens with two attached hydrogens (primary N) is 1. The van der Waals surface area contributed by atoms with E-state index in [-0.39, 0.29) is 23.8 Å². The highest BCUT2D eigenvalue weighted by Crippen LogP contribution is 2.23. The molecule has 0 unspecified atom stereocenters. The second-order valence-corrected chi connectivity index (χ2v) is 6.43. The molecule has 0 spiro atoms. The van der Waals surface area contributed by atoms with Gasteiger partial charge in [-0.2, -0.15) is 9.40 Å². The van der Waals surface area contributed by atoms with Crippen LogP contribution in [-0.4, -0.2) is 46.6 Å². The van der Waals surface area contributed by atoms with Gasteiger partial charge in [0.1, 0.15) is 4.90 Å². The number of oxime groups is 1. The maximum atomic E-state index is 12.7. The van der Waals surface area contributed by atoms with Crippen LogP contribution in [0.2, 0.25) is 0 Å². The fourth-order valence-electron chi connectivity index (χ4n) is 2.00. The van der Waals surface area contributed by atoms with Gasteiger partial charge in [0.25, 0.3) is 0 Å². The fraction of sp³-hybridized carbons (Fsp3) is 0.636. The van der Waals surface area contributed by atoms with Crippen molar-refractivity contribution in [1.29, 1.82) is 0 Å². The Kier molecular flexibility index (Phi) is 5.12. The van der Waals surface area contributed by atoms with Crippen LogP contribution in [0.1, 0.15) is 24.7 Å². The molecule has 0 aliphatic carbocycles. The molecular weight excluding hydrogens is 282 g/mol. The number of aromatic nitrogens is 2. The van der Waals surface area contributed by atoms with Crippen molar-refractivity contribution >= 4 is 15.9 Å². The molecule has 0 radical (unpaired) electrons. The van der Waals surface area contributed by atoms with Crippen molar-refractivity contribution in [2.45, 2.75) is 32.1 Å². The summed E-state index contributed by atoms with van der Waals surface area (Å²) in [6, 6.07) is 0. The average molecular weight is 303 g/mol. The minimum atomic E-state index is -3.73. The van der Waals surface area contributed by atoms with Gasteiger partial charge in [-0.3, -0.25) is 4.68 Å². The highest BCUT2D eigenvalue weighted by molar-refractivity contribution is 7.89. The lowest BCUT2D eigenvalue weighted by Crippen LogP contribution is -2.39.